The average molecular weight is 500 g/mol. The van der Waals surface area contributed by atoms with Crippen LogP contribution in [0, 0.1) is 13.8 Å². The average Bonchev–Trinajstić information content (AvgIpc) is 3.21. The quantitative estimate of drug-likeness (QED) is 0.584. The zero-order valence-electron chi connectivity index (χ0n) is 22.4. The van der Waals surface area contributed by atoms with Crippen molar-refractivity contribution in [1.82, 2.24) is 19.7 Å². The molecule has 2 aliphatic carbocycles. The monoisotopic (exact) mass is 499 g/mol. The molecule has 1 amide bonds. The van der Waals surface area contributed by atoms with Gasteiger partial charge in [0.15, 0.2) is 0 Å². The summed E-state index contributed by atoms with van der Waals surface area (Å²) in [6.07, 6.45) is 16.3. The van der Waals surface area contributed by atoms with Crippen molar-refractivity contribution in [1.29, 1.82) is 0 Å². The van der Waals surface area contributed by atoms with E-state index in [1.807, 2.05) is 17.7 Å². The molecule has 3 aliphatic rings. The Morgan fingerprint density at radius 1 is 1.05 bits per heavy atom. The van der Waals surface area contributed by atoms with E-state index in [9.17, 15) is 4.79 Å². The van der Waals surface area contributed by atoms with Gasteiger partial charge in [0.05, 0.1) is 53.9 Å². The van der Waals surface area contributed by atoms with E-state index in [0.29, 0.717) is 17.3 Å². The largest absolute Gasteiger partial charge is 0.379 e. The number of morpholine rings is 1. The Morgan fingerprint density at radius 3 is 2.59 bits per heavy atom. The molecule has 1 N–H and O–H groups in total. The normalized spacial score (nSPS) is 20.9. The van der Waals surface area contributed by atoms with Gasteiger partial charge in [0, 0.05) is 19.1 Å². The third-order valence-corrected chi connectivity index (χ3v) is 7.82. The van der Waals surface area contributed by atoms with Crippen molar-refractivity contribution in [3.05, 3.63) is 76.4 Å². The summed E-state index contributed by atoms with van der Waals surface area (Å²) in [5.74, 6) is -0.174. The predicted molar refractivity (Wildman–Crippen MR) is 148 cm³/mol. The summed E-state index contributed by atoms with van der Waals surface area (Å²) in [6, 6.07) is 2.62. The Balaban J connectivity index is 1.26. The molecular weight excluding hydrogens is 462 g/mol. The lowest BCUT2D eigenvalue weighted by Crippen LogP contribution is -2.43. The number of rotatable bonds is 5. The molecule has 1 saturated heterocycles. The molecule has 7 heteroatoms. The molecule has 0 saturated carbocycles. The number of aromatic nitrogens is 3. The summed E-state index contributed by atoms with van der Waals surface area (Å²) in [6.45, 7) is 12.0. The van der Waals surface area contributed by atoms with Gasteiger partial charge in [0.2, 0.25) is 0 Å². The van der Waals surface area contributed by atoms with Crippen molar-refractivity contribution >= 4 is 22.9 Å². The fourth-order valence-electron chi connectivity index (χ4n) is 5.44. The summed E-state index contributed by atoms with van der Waals surface area (Å²) in [5.41, 5.74) is 8.95. The number of allylic oxidation sites excluding steroid dienone is 7. The number of aryl methyl sites for hydroxylation is 1. The van der Waals surface area contributed by atoms with Gasteiger partial charge in [0.25, 0.3) is 5.91 Å². The van der Waals surface area contributed by atoms with E-state index >= 15 is 0 Å². The van der Waals surface area contributed by atoms with Gasteiger partial charge in [-0.05, 0) is 82.2 Å². The number of anilines is 1. The van der Waals surface area contributed by atoms with E-state index < -0.39 is 0 Å². The van der Waals surface area contributed by atoms with Gasteiger partial charge in [-0.3, -0.25) is 14.7 Å². The van der Waals surface area contributed by atoms with Gasteiger partial charge in [-0.15, -0.1) is 0 Å². The number of hydrogen-bond acceptors (Lipinski definition) is 5. The van der Waals surface area contributed by atoms with E-state index in [1.54, 1.807) is 12.4 Å². The predicted octanol–water partition coefficient (Wildman–Crippen LogP) is 5.55. The molecule has 3 heterocycles. The maximum absolute atomic E-state index is 13.1. The number of ether oxygens (including phenoxy) is 1. The lowest BCUT2D eigenvalue weighted by molar-refractivity contribution is 0.0150. The molecule has 0 aromatic carbocycles. The Labute approximate surface area is 219 Å². The van der Waals surface area contributed by atoms with Gasteiger partial charge < -0.3 is 10.1 Å². The first-order chi connectivity index (χ1) is 17.9. The summed E-state index contributed by atoms with van der Waals surface area (Å²) in [4.78, 5) is 20.4. The Hall–Kier alpha value is -3.29. The van der Waals surface area contributed by atoms with Crippen LogP contribution >= 0.6 is 0 Å². The molecule has 1 unspecified atom stereocenters. The van der Waals surface area contributed by atoms with E-state index in [-0.39, 0.29) is 5.91 Å². The number of nitrogens with zero attached hydrogens (tertiary/aromatic N) is 4. The van der Waals surface area contributed by atoms with Crippen LogP contribution in [0.2, 0.25) is 0 Å². The standard InChI is InChI=1S/C30H37N5O2/c1-20-6-5-7-27(17-21(20)2)35-23(4)28(19-32-35)30(36)33-25-16-22(3)29(31-18-25)24-8-10-26(11-9-24)34-12-14-37-15-13-34/h6-8,16-19,26H,5,9-15H2,1-4H3,(H,33,36). The van der Waals surface area contributed by atoms with Crippen molar-refractivity contribution < 1.29 is 9.53 Å². The molecule has 2 aromatic rings. The second-order valence-electron chi connectivity index (χ2n) is 10.3. The summed E-state index contributed by atoms with van der Waals surface area (Å²) in [7, 11) is 0. The van der Waals surface area contributed by atoms with E-state index in [4.69, 9.17) is 9.72 Å². The zero-order chi connectivity index (χ0) is 25.9. The van der Waals surface area contributed by atoms with Gasteiger partial charge in [-0.25, -0.2) is 4.68 Å². The fraction of sp³-hybridized carbons (Fsp3) is 0.433. The summed E-state index contributed by atoms with van der Waals surface area (Å²) < 4.78 is 7.35. The molecule has 1 fully saturated rings. The first-order valence-electron chi connectivity index (χ1n) is 13.3. The SMILES string of the molecule is CC1=CCC=C(n2ncc(C(=O)Nc3cnc(C4=CCC(N5CCOCC5)CC4)c(C)c3)c2C)C=C1C. The topological polar surface area (TPSA) is 72.3 Å². The molecule has 0 radical (unpaired) electrons. The minimum atomic E-state index is -0.174. The highest BCUT2D eigenvalue weighted by Gasteiger charge is 2.24. The second-order valence-corrected chi connectivity index (χ2v) is 10.3. The van der Waals surface area contributed by atoms with E-state index in [0.717, 1.165) is 74.6 Å². The van der Waals surface area contributed by atoms with Gasteiger partial charge in [-0.2, -0.15) is 5.10 Å². The second kappa shape index (κ2) is 11.0. The third kappa shape index (κ3) is 5.53. The van der Waals surface area contributed by atoms with Crippen LogP contribution in [-0.4, -0.2) is 57.9 Å². The van der Waals surface area contributed by atoms with E-state index in [1.165, 1.54) is 16.7 Å². The molecule has 1 aliphatic heterocycles. The maximum atomic E-state index is 13.1. The zero-order valence-corrected chi connectivity index (χ0v) is 22.4. The number of nitrogens with one attached hydrogen (secondary N) is 1. The molecule has 5 rings (SSSR count). The van der Waals surface area contributed by atoms with Gasteiger partial charge >= 0.3 is 0 Å². The molecule has 0 bridgehead atoms. The lowest BCUT2D eigenvalue weighted by atomic mass is 9.90. The van der Waals surface area contributed by atoms with Crippen LogP contribution in [-0.2, 0) is 4.74 Å². The van der Waals surface area contributed by atoms with Crippen molar-refractivity contribution in [2.75, 3.05) is 31.6 Å². The number of carbonyl (C=O) groups is 1. The first-order valence-corrected chi connectivity index (χ1v) is 13.3. The van der Waals surface area contributed by atoms with Crippen LogP contribution in [0.1, 0.15) is 66.8 Å². The Bertz CT molecular complexity index is 1310. The highest BCUT2D eigenvalue weighted by Crippen LogP contribution is 2.31. The number of amides is 1. The molecule has 7 nitrogen and oxygen atoms in total. The minimum Gasteiger partial charge on any atom is -0.379 e. The lowest BCUT2D eigenvalue weighted by Gasteiger charge is -2.36. The number of hydrogen-bond donors (Lipinski definition) is 1. The van der Waals surface area contributed by atoms with Crippen molar-refractivity contribution in [2.45, 2.75) is 59.4 Å². The Kier molecular flexibility index (Phi) is 7.53. The van der Waals surface area contributed by atoms with Crippen LogP contribution in [0.25, 0.3) is 11.3 Å². The number of carbonyl (C=O) groups excluding carboxylic acids is 1. The van der Waals surface area contributed by atoms with Crippen LogP contribution in [0.3, 0.4) is 0 Å². The minimum absolute atomic E-state index is 0.174. The molecule has 0 spiro atoms. The third-order valence-electron chi connectivity index (χ3n) is 7.82. The molecule has 1 atom stereocenters. The van der Waals surface area contributed by atoms with Crippen LogP contribution < -0.4 is 5.32 Å². The van der Waals surface area contributed by atoms with E-state index in [2.05, 4.69) is 60.4 Å². The first kappa shape index (κ1) is 25.4. The van der Waals surface area contributed by atoms with Crippen LogP contribution in [0.4, 0.5) is 5.69 Å². The van der Waals surface area contributed by atoms with Gasteiger partial charge in [-0.1, -0.05) is 23.8 Å². The van der Waals surface area contributed by atoms with Crippen molar-refractivity contribution in [3.8, 4) is 0 Å². The van der Waals surface area contributed by atoms with Crippen molar-refractivity contribution in [2.24, 2.45) is 0 Å². The molecule has 2 aromatic heterocycles. The highest BCUT2D eigenvalue weighted by atomic mass is 16.5. The number of pyridine rings is 1. The van der Waals surface area contributed by atoms with Gasteiger partial charge in [0.1, 0.15) is 0 Å². The maximum Gasteiger partial charge on any atom is 0.259 e. The molecule has 37 heavy (non-hydrogen) atoms. The fourth-order valence-corrected chi connectivity index (χ4v) is 5.44. The summed E-state index contributed by atoms with van der Waals surface area (Å²) >= 11 is 0. The molecular formula is C30H37N5O2. The van der Waals surface area contributed by atoms with Crippen LogP contribution in [0.15, 0.2) is 53.9 Å². The van der Waals surface area contributed by atoms with Crippen LogP contribution in [0.5, 0.6) is 0 Å². The highest BCUT2D eigenvalue weighted by molar-refractivity contribution is 6.05. The van der Waals surface area contributed by atoms with Crippen molar-refractivity contribution in [3.63, 3.8) is 0 Å². The molecule has 194 valence electrons. The smallest absolute Gasteiger partial charge is 0.259 e. The Morgan fingerprint density at radius 2 is 1.86 bits per heavy atom. The summed E-state index contributed by atoms with van der Waals surface area (Å²) in [5, 5.41) is 7.55.